The van der Waals surface area contributed by atoms with Gasteiger partial charge in [-0.15, -0.1) is 0 Å². The van der Waals surface area contributed by atoms with E-state index in [-0.39, 0.29) is 0 Å². The fourth-order valence-electron chi connectivity index (χ4n) is 1.53. The highest BCUT2D eigenvalue weighted by molar-refractivity contribution is 5.93. The van der Waals surface area contributed by atoms with Gasteiger partial charge in [0, 0.05) is 0 Å². The highest BCUT2D eigenvalue weighted by atomic mass is 16.4. The minimum Gasteiger partial charge on any atom is -0.478 e. The first-order valence-electron chi connectivity index (χ1n) is 5.24. The maximum atomic E-state index is 11.0. The zero-order chi connectivity index (χ0) is 12.1. The van der Waals surface area contributed by atoms with Crippen LogP contribution in [0.15, 0.2) is 48.5 Å². The molecule has 0 aliphatic carbocycles. The Labute approximate surface area is 99.8 Å². The van der Waals surface area contributed by atoms with Gasteiger partial charge in [-0.1, -0.05) is 54.6 Å². The van der Waals surface area contributed by atoms with Crippen molar-refractivity contribution in [2.45, 2.75) is 0 Å². The zero-order valence-electron chi connectivity index (χ0n) is 9.13. The maximum Gasteiger partial charge on any atom is 0.336 e. The van der Waals surface area contributed by atoms with Gasteiger partial charge in [0.2, 0.25) is 0 Å². The van der Waals surface area contributed by atoms with E-state index in [1.165, 1.54) is 0 Å². The van der Waals surface area contributed by atoms with E-state index in [2.05, 4.69) is 6.07 Å². The Kier molecular flexibility index (Phi) is 3.36. The Morgan fingerprint density at radius 1 is 1.06 bits per heavy atom. The molecule has 0 spiro atoms. The second-order valence-corrected chi connectivity index (χ2v) is 3.54. The Bertz CT molecular complexity index is 542. The summed E-state index contributed by atoms with van der Waals surface area (Å²) in [4.78, 5) is 11.0. The van der Waals surface area contributed by atoms with Gasteiger partial charge in [0.05, 0.1) is 5.56 Å². The molecule has 0 aliphatic heterocycles. The fraction of sp³-hybridized carbons (Fsp3) is 0. The van der Waals surface area contributed by atoms with E-state index in [1.807, 2.05) is 36.4 Å². The van der Waals surface area contributed by atoms with Crippen molar-refractivity contribution in [3.05, 3.63) is 71.3 Å². The van der Waals surface area contributed by atoms with Gasteiger partial charge in [0.15, 0.2) is 0 Å². The molecule has 0 saturated carbocycles. The van der Waals surface area contributed by atoms with Crippen LogP contribution in [0.3, 0.4) is 0 Å². The van der Waals surface area contributed by atoms with Crippen LogP contribution >= 0.6 is 0 Å². The van der Waals surface area contributed by atoms with Crippen molar-refractivity contribution in [3.8, 4) is 0 Å². The first-order valence-corrected chi connectivity index (χ1v) is 5.24. The average Bonchev–Trinajstić information content (AvgIpc) is 2.38. The summed E-state index contributed by atoms with van der Waals surface area (Å²) in [5, 5.41) is 9.02. The zero-order valence-corrected chi connectivity index (χ0v) is 9.13. The molecule has 0 fully saturated rings. The van der Waals surface area contributed by atoms with Crippen molar-refractivity contribution < 1.29 is 9.90 Å². The van der Waals surface area contributed by atoms with Crippen LogP contribution in [0.4, 0.5) is 0 Å². The number of hydrogen-bond acceptors (Lipinski definition) is 1. The van der Waals surface area contributed by atoms with Gasteiger partial charge in [0.1, 0.15) is 0 Å². The van der Waals surface area contributed by atoms with Crippen LogP contribution in [0.25, 0.3) is 12.2 Å². The van der Waals surface area contributed by atoms with E-state index in [9.17, 15) is 4.79 Å². The summed E-state index contributed by atoms with van der Waals surface area (Å²) in [6, 6.07) is 17.5. The molecule has 17 heavy (non-hydrogen) atoms. The van der Waals surface area contributed by atoms with E-state index < -0.39 is 5.97 Å². The first kappa shape index (κ1) is 11.1. The molecule has 0 atom stereocenters. The van der Waals surface area contributed by atoms with Crippen LogP contribution < -0.4 is 0 Å². The van der Waals surface area contributed by atoms with E-state index >= 15 is 0 Å². The van der Waals surface area contributed by atoms with Crippen molar-refractivity contribution in [1.29, 1.82) is 0 Å². The van der Waals surface area contributed by atoms with Crippen LogP contribution in [0, 0.1) is 6.07 Å². The van der Waals surface area contributed by atoms with Gasteiger partial charge < -0.3 is 5.11 Å². The molecule has 0 unspecified atom stereocenters. The monoisotopic (exact) mass is 223 g/mol. The third-order valence-electron chi connectivity index (χ3n) is 2.37. The second-order valence-electron chi connectivity index (χ2n) is 3.54. The first-order chi connectivity index (χ1) is 8.27. The normalized spacial score (nSPS) is 10.6. The maximum absolute atomic E-state index is 11.0. The number of rotatable bonds is 3. The number of carboxylic acid groups (broad SMARTS) is 1. The van der Waals surface area contributed by atoms with E-state index in [4.69, 9.17) is 5.11 Å². The SMILES string of the molecule is O=C(O)c1ccccc1/C=C/c1[c]cccc1. The second kappa shape index (κ2) is 5.12. The van der Waals surface area contributed by atoms with Crippen LogP contribution in [0.5, 0.6) is 0 Å². The van der Waals surface area contributed by atoms with E-state index in [0.29, 0.717) is 11.1 Å². The molecule has 2 rings (SSSR count). The van der Waals surface area contributed by atoms with Crippen molar-refractivity contribution in [3.63, 3.8) is 0 Å². The summed E-state index contributed by atoms with van der Waals surface area (Å²) in [7, 11) is 0. The van der Waals surface area contributed by atoms with Crippen molar-refractivity contribution in [2.24, 2.45) is 0 Å². The summed E-state index contributed by atoms with van der Waals surface area (Å²) in [6.07, 6.45) is 3.64. The van der Waals surface area contributed by atoms with Gasteiger partial charge >= 0.3 is 5.97 Å². The summed E-state index contributed by atoms with van der Waals surface area (Å²) in [6.45, 7) is 0. The molecule has 2 aromatic carbocycles. The third-order valence-corrected chi connectivity index (χ3v) is 2.37. The van der Waals surface area contributed by atoms with Gasteiger partial charge in [-0.3, -0.25) is 0 Å². The fourth-order valence-corrected chi connectivity index (χ4v) is 1.53. The summed E-state index contributed by atoms with van der Waals surface area (Å²) in [5.74, 6) is -0.915. The molecule has 0 bridgehead atoms. The minimum atomic E-state index is -0.915. The van der Waals surface area contributed by atoms with Crippen molar-refractivity contribution >= 4 is 18.1 Å². The molecule has 0 saturated heterocycles. The van der Waals surface area contributed by atoms with E-state index in [0.717, 1.165) is 5.56 Å². The van der Waals surface area contributed by atoms with Gasteiger partial charge in [-0.05, 0) is 23.3 Å². The molecule has 0 aliphatic rings. The van der Waals surface area contributed by atoms with Crippen LogP contribution in [0.1, 0.15) is 21.5 Å². The van der Waals surface area contributed by atoms with Gasteiger partial charge in [-0.2, -0.15) is 0 Å². The Morgan fingerprint density at radius 2 is 1.82 bits per heavy atom. The largest absolute Gasteiger partial charge is 0.478 e. The molecule has 1 N–H and O–H groups in total. The standard InChI is InChI=1S/C15H11O2/c16-15(17)14-9-5-4-8-13(14)11-10-12-6-2-1-3-7-12/h1-6,8-11H,(H,16,17)/b11-10+. The number of carbonyl (C=O) groups is 1. The highest BCUT2D eigenvalue weighted by Gasteiger charge is 2.05. The Morgan fingerprint density at radius 3 is 2.53 bits per heavy atom. The molecule has 1 radical (unpaired) electrons. The average molecular weight is 223 g/mol. The lowest BCUT2D eigenvalue weighted by Gasteiger charge is -1.99. The minimum absolute atomic E-state index is 0.305. The smallest absolute Gasteiger partial charge is 0.336 e. The summed E-state index contributed by atoms with van der Waals surface area (Å²) >= 11 is 0. The number of benzene rings is 2. The van der Waals surface area contributed by atoms with Crippen LogP contribution in [-0.2, 0) is 0 Å². The Hall–Kier alpha value is -2.35. The molecular formula is C15H11O2. The quantitative estimate of drug-likeness (QED) is 0.810. The third kappa shape index (κ3) is 2.82. The number of aromatic carboxylic acids is 1. The number of carboxylic acids is 1. The van der Waals surface area contributed by atoms with Gasteiger partial charge in [-0.25, -0.2) is 4.79 Å². The van der Waals surface area contributed by atoms with E-state index in [1.54, 1.807) is 24.3 Å². The van der Waals surface area contributed by atoms with Crippen molar-refractivity contribution in [1.82, 2.24) is 0 Å². The molecule has 0 aromatic heterocycles. The number of hydrogen-bond donors (Lipinski definition) is 1. The lowest BCUT2D eigenvalue weighted by Crippen LogP contribution is -1.98. The molecule has 2 heteroatoms. The molecule has 83 valence electrons. The predicted octanol–water partition coefficient (Wildman–Crippen LogP) is 3.36. The van der Waals surface area contributed by atoms with Crippen molar-refractivity contribution in [2.75, 3.05) is 0 Å². The molecule has 0 heterocycles. The lowest BCUT2D eigenvalue weighted by molar-refractivity contribution is 0.0696. The predicted molar refractivity (Wildman–Crippen MR) is 67.6 cm³/mol. The Balaban J connectivity index is 2.30. The molecule has 2 aromatic rings. The highest BCUT2D eigenvalue weighted by Crippen LogP contribution is 2.13. The molecular weight excluding hydrogens is 212 g/mol. The molecule has 2 nitrogen and oxygen atoms in total. The summed E-state index contributed by atoms with van der Waals surface area (Å²) < 4.78 is 0. The van der Waals surface area contributed by atoms with Gasteiger partial charge in [0.25, 0.3) is 0 Å². The topological polar surface area (TPSA) is 37.3 Å². The summed E-state index contributed by atoms with van der Waals surface area (Å²) in [5.41, 5.74) is 1.92. The lowest BCUT2D eigenvalue weighted by atomic mass is 10.1. The molecule has 0 amide bonds. The van der Waals surface area contributed by atoms with Crippen LogP contribution in [0.2, 0.25) is 0 Å². The van der Waals surface area contributed by atoms with Crippen LogP contribution in [-0.4, -0.2) is 11.1 Å².